The van der Waals surface area contributed by atoms with Crippen LogP contribution >= 0.6 is 34.5 Å². The summed E-state index contributed by atoms with van der Waals surface area (Å²) < 4.78 is 6.93. The first-order chi connectivity index (χ1) is 10.0. The summed E-state index contributed by atoms with van der Waals surface area (Å²) in [6.45, 7) is 6.89. The van der Waals surface area contributed by atoms with E-state index in [2.05, 4.69) is 31.3 Å². The van der Waals surface area contributed by atoms with Gasteiger partial charge in [0.25, 0.3) is 0 Å². The summed E-state index contributed by atoms with van der Waals surface area (Å²) in [7, 11) is 0. The predicted molar refractivity (Wildman–Crippen MR) is 91.9 cm³/mol. The van der Waals surface area contributed by atoms with E-state index in [-0.39, 0.29) is 12.1 Å². The minimum Gasteiger partial charge on any atom is -0.494 e. The molecule has 21 heavy (non-hydrogen) atoms. The molecule has 0 amide bonds. The van der Waals surface area contributed by atoms with Gasteiger partial charge in [0, 0.05) is 12.1 Å². The van der Waals surface area contributed by atoms with Crippen LogP contribution in [0.1, 0.15) is 44.0 Å². The molecule has 0 spiro atoms. The Labute approximate surface area is 140 Å². The van der Waals surface area contributed by atoms with Crippen molar-refractivity contribution in [1.29, 1.82) is 0 Å². The van der Waals surface area contributed by atoms with Crippen LogP contribution in [0.25, 0.3) is 0 Å². The van der Waals surface area contributed by atoms with Crippen molar-refractivity contribution < 1.29 is 4.74 Å². The van der Waals surface area contributed by atoms with Crippen LogP contribution in [0.4, 0.5) is 0 Å². The van der Waals surface area contributed by atoms with E-state index in [1.54, 1.807) is 0 Å². The molecule has 2 unspecified atom stereocenters. The lowest BCUT2D eigenvalue weighted by molar-refractivity contribution is 0.340. The molecule has 1 N–H and O–H groups in total. The van der Waals surface area contributed by atoms with Crippen molar-refractivity contribution in [3.8, 4) is 5.75 Å². The van der Waals surface area contributed by atoms with E-state index in [1.807, 2.05) is 25.1 Å². The summed E-state index contributed by atoms with van der Waals surface area (Å²) in [5.41, 5.74) is 2.26. The molecule has 0 saturated carbocycles. The first-order valence-corrected chi connectivity index (χ1v) is 8.52. The molecule has 1 aromatic heterocycles. The van der Waals surface area contributed by atoms with Crippen molar-refractivity contribution in [3.63, 3.8) is 0 Å². The van der Waals surface area contributed by atoms with Crippen molar-refractivity contribution in [2.75, 3.05) is 6.61 Å². The van der Waals surface area contributed by atoms with Crippen LogP contribution in [0, 0.1) is 0 Å². The number of hydrogen-bond acceptors (Lipinski definition) is 3. The third-order valence-corrected chi connectivity index (χ3v) is 4.86. The van der Waals surface area contributed by atoms with Crippen LogP contribution in [-0.4, -0.2) is 6.61 Å². The maximum absolute atomic E-state index is 6.20. The molecule has 1 heterocycles. The van der Waals surface area contributed by atoms with Crippen LogP contribution < -0.4 is 10.1 Å². The summed E-state index contributed by atoms with van der Waals surface area (Å²) in [6.07, 6.45) is 0. The number of thiophene rings is 1. The van der Waals surface area contributed by atoms with Crippen molar-refractivity contribution in [3.05, 3.63) is 50.1 Å². The van der Waals surface area contributed by atoms with Gasteiger partial charge in [0.05, 0.1) is 15.3 Å². The molecule has 0 aliphatic rings. The van der Waals surface area contributed by atoms with E-state index in [1.165, 1.54) is 16.9 Å². The van der Waals surface area contributed by atoms with Crippen molar-refractivity contribution in [1.82, 2.24) is 5.32 Å². The van der Waals surface area contributed by atoms with Gasteiger partial charge in [-0.2, -0.15) is 0 Å². The first-order valence-electron chi connectivity index (χ1n) is 6.94. The molecule has 2 aromatic rings. The summed E-state index contributed by atoms with van der Waals surface area (Å²) in [4.78, 5) is 0. The minimum atomic E-state index is 0.141. The molecule has 5 heteroatoms. The van der Waals surface area contributed by atoms with E-state index in [0.717, 1.165) is 20.0 Å². The zero-order valence-electron chi connectivity index (χ0n) is 12.3. The SMILES string of the molecule is CCOc1ccc(C(C)NC(C)c2cc(Cl)sc2Cl)cc1. The van der Waals surface area contributed by atoms with Gasteiger partial charge in [0.2, 0.25) is 0 Å². The van der Waals surface area contributed by atoms with E-state index >= 15 is 0 Å². The van der Waals surface area contributed by atoms with Gasteiger partial charge < -0.3 is 10.1 Å². The second-order valence-corrected chi connectivity index (χ2v) is 7.18. The smallest absolute Gasteiger partial charge is 0.119 e. The molecule has 114 valence electrons. The number of hydrogen-bond donors (Lipinski definition) is 1. The highest BCUT2D eigenvalue weighted by Crippen LogP contribution is 2.35. The number of ether oxygens (including phenoxy) is 1. The zero-order chi connectivity index (χ0) is 15.4. The fraction of sp³-hybridized carbons (Fsp3) is 0.375. The predicted octanol–water partition coefficient (Wildman–Crippen LogP) is 5.87. The van der Waals surface area contributed by atoms with Gasteiger partial charge in [0.1, 0.15) is 5.75 Å². The second kappa shape index (κ2) is 7.50. The van der Waals surface area contributed by atoms with Crippen LogP contribution in [0.5, 0.6) is 5.75 Å². The summed E-state index contributed by atoms with van der Waals surface area (Å²) in [5, 5.41) is 3.54. The highest BCUT2D eigenvalue weighted by molar-refractivity contribution is 7.20. The summed E-state index contributed by atoms with van der Waals surface area (Å²) in [6, 6.07) is 10.4. The summed E-state index contributed by atoms with van der Waals surface area (Å²) >= 11 is 13.6. The molecule has 0 saturated heterocycles. The Balaban J connectivity index is 2.03. The Morgan fingerprint density at radius 3 is 2.33 bits per heavy atom. The molecule has 0 fully saturated rings. The molecule has 2 atom stereocenters. The third-order valence-electron chi connectivity index (χ3n) is 3.34. The highest BCUT2D eigenvalue weighted by atomic mass is 35.5. The number of halogens is 2. The molecule has 0 radical (unpaired) electrons. The lowest BCUT2D eigenvalue weighted by Crippen LogP contribution is -2.22. The Hall–Kier alpha value is -0.740. The minimum absolute atomic E-state index is 0.141. The average Bonchev–Trinajstić information content (AvgIpc) is 2.79. The second-order valence-electron chi connectivity index (χ2n) is 4.89. The number of nitrogens with one attached hydrogen (secondary N) is 1. The van der Waals surface area contributed by atoms with Crippen molar-refractivity contribution in [2.24, 2.45) is 0 Å². The molecule has 2 nitrogen and oxygen atoms in total. The van der Waals surface area contributed by atoms with Crippen molar-refractivity contribution >= 4 is 34.5 Å². The molecule has 0 bridgehead atoms. The Morgan fingerprint density at radius 1 is 1.14 bits per heavy atom. The normalized spacial score (nSPS) is 14.0. The van der Waals surface area contributed by atoms with E-state index in [9.17, 15) is 0 Å². The summed E-state index contributed by atoms with van der Waals surface area (Å²) in [5.74, 6) is 0.897. The number of rotatable bonds is 6. The number of benzene rings is 1. The lowest BCUT2D eigenvalue weighted by atomic mass is 10.1. The van der Waals surface area contributed by atoms with Crippen LogP contribution in [0.15, 0.2) is 30.3 Å². The standard InChI is InChI=1S/C16H19Cl2NOS/c1-4-20-13-7-5-12(6-8-13)10(2)19-11(3)14-9-15(17)21-16(14)18/h5-11,19H,4H2,1-3H3. The zero-order valence-corrected chi connectivity index (χ0v) is 14.6. The van der Waals surface area contributed by atoms with Gasteiger partial charge in [-0.3, -0.25) is 0 Å². The molecule has 0 aliphatic heterocycles. The van der Waals surface area contributed by atoms with Gasteiger partial charge in [-0.15, -0.1) is 11.3 Å². The Bertz CT molecular complexity index is 582. The van der Waals surface area contributed by atoms with Gasteiger partial charge >= 0.3 is 0 Å². The van der Waals surface area contributed by atoms with Gasteiger partial charge in [-0.25, -0.2) is 0 Å². The topological polar surface area (TPSA) is 21.3 Å². The van der Waals surface area contributed by atoms with E-state index in [0.29, 0.717) is 6.61 Å². The molecule has 0 aliphatic carbocycles. The molecule has 2 rings (SSSR count). The fourth-order valence-corrected chi connectivity index (χ4v) is 3.87. The molecular formula is C16H19Cl2NOS. The average molecular weight is 344 g/mol. The molecular weight excluding hydrogens is 325 g/mol. The van der Waals surface area contributed by atoms with Crippen LogP contribution in [0.3, 0.4) is 0 Å². The highest BCUT2D eigenvalue weighted by Gasteiger charge is 2.16. The van der Waals surface area contributed by atoms with Gasteiger partial charge in [0.15, 0.2) is 0 Å². The first kappa shape index (κ1) is 16.6. The van der Waals surface area contributed by atoms with E-state index in [4.69, 9.17) is 27.9 Å². The maximum atomic E-state index is 6.20. The maximum Gasteiger partial charge on any atom is 0.119 e. The largest absolute Gasteiger partial charge is 0.494 e. The van der Waals surface area contributed by atoms with Crippen molar-refractivity contribution in [2.45, 2.75) is 32.9 Å². The van der Waals surface area contributed by atoms with Gasteiger partial charge in [-0.05, 0) is 50.1 Å². The third kappa shape index (κ3) is 4.36. The Kier molecular flexibility index (Phi) is 5.94. The van der Waals surface area contributed by atoms with Crippen LogP contribution in [0.2, 0.25) is 8.67 Å². The molecule has 1 aromatic carbocycles. The Morgan fingerprint density at radius 2 is 1.81 bits per heavy atom. The van der Waals surface area contributed by atoms with E-state index < -0.39 is 0 Å². The monoisotopic (exact) mass is 343 g/mol. The van der Waals surface area contributed by atoms with Crippen LogP contribution in [-0.2, 0) is 0 Å². The van der Waals surface area contributed by atoms with Gasteiger partial charge in [-0.1, -0.05) is 35.3 Å². The quantitative estimate of drug-likeness (QED) is 0.708. The fourth-order valence-electron chi connectivity index (χ4n) is 2.23. The lowest BCUT2D eigenvalue weighted by Gasteiger charge is -2.20.